The molecule has 0 spiro atoms. The van der Waals surface area contributed by atoms with Gasteiger partial charge in [-0.05, 0) is 43.9 Å². The van der Waals surface area contributed by atoms with E-state index in [2.05, 4.69) is 36.2 Å². The van der Waals surface area contributed by atoms with Gasteiger partial charge in [-0.15, -0.1) is 0 Å². The number of likely N-dealkylation sites (N-methyl/N-ethyl adjacent to an activating group) is 1. The summed E-state index contributed by atoms with van der Waals surface area (Å²) < 4.78 is 5.77. The normalized spacial score (nSPS) is 21.6. The van der Waals surface area contributed by atoms with Crippen LogP contribution in [0, 0.1) is 0 Å². The van der Waals surface area contributed by atoms with Gasteiger partial charge in [0.2, 0.25) is 0 Å². The minimum absolute atomic E-state index is 0.103. The SMILES string of the molecule is C[C@@H](N)c1ccc(N(C)CC2CCCCO2)cc1. The van der Waals surface area contributed by atoms with Crippen molar-refractivity contribution in [3.63, 3.8) is 0 Å². The van der Waals surface area contributed by atoms with Crippen LogP contribution in [-0.2, 0) is 4.74 Å². The number of nitrogens with zero attached hydrogens (tertiary/aromatic N) is 1. The number of hydrogen-bond acceptors (Lipinski definition) is 3. The van der Waals surface area contributed by atoms with Crippen molar-refractivity contribution in [2.24, 2.45) is 5.73 Å². The fourth-order valence-corrected chi connectivity index (χ4v) is 2.39. The van der Waals surface area contributed by atoms with Gasteiger partial charge in [0.05, 0.1) is 6.10 Å². The molecule has 0 aliphatic carbocycles. The van der Waals surface area contributed by atoms with Crippen molar-refractivity contribution in [1.29, 1.82) is 0 Å². The van der Waals surface area contributed by atoms with Crippen LogP contribution in [0.3, 0.4) is 0 Å². The van der Waals surface area contributed by atoms with Crippen LogP contribution in [0.25, 0.3) is 0 Å². The first-order chi connectivity index (χ1) is 8.66. The van der Waals surface area contributed by atoms with Crippen molar-refractivity contribution < 1.29 is 4.74 Å². The summed E-state index contributed by atoms with van der Waals surface area (Å²) in [5, 5.41) is 0. The van der Waals surface area contributed by atoms with E-state index in [1.54, 1.807) is 0 Å². The lowest BCUT2D eigenvalue weighted by molar-refractivity contribution is 0.0216. The van der Waals surface area contributed by atoms with Crippen molar-refractivity contribution in [1.82, 2.24) is 0 Å². The summed E-state index contributed by atoms with van der Waals surface area (Å²) in [6.07, 6.45) is 4.07. The topological polar surface area (TPSA) is 38.5 Å². The highest BCUT2D eigenvalue weighted by Crippen LogP contribution is 2.20. The van der Waals surface area contributed by atoms with Crippen LogP contribution in [0.2, 0.25) is 0 Å². The Bertz CT molecular complexity index is 355. The molecule has 1 aliphatic heterocycles. The first-order valence-electron chi connectivity index (χ1n) is 6.85. The molecular weight excluding hydrogens is 224 g/mol. The summed E-state index contributed by atoms with van der Waals surface area (Å²) in [5.41, 5.74) is 8.27. The van der Waals surface area contributed by atoms with Gasteiger partial charge in [0.25, 0.3) is 0 Å². The molecule has 3 nitrogen and oxygen atoms in total. The maximum absolute atomic E-state index is 5.86. The van der Waals surface area contributed by atoms with E-state index in [1.165, 1.54) is 30.5 Å². The monoisotopic (exact) mass is 248 g/mol. The molecule has 1 saturated heterocycles. The summed E-state index contributed by atoms with van der Waals surface area (Å²) in [6, 6.07) is 8.60. The lowest BCUT2D eigenvalue weighted by atomic mass is 10.1. The van der Waals surface area contributed by atoms with Crippen LogP contribution < -0.4 is 10.6 Å². The molecule has 18 heavy (non-hydrogen) atoms. The van der Waals surface area contributed by atoms with Gasteiger partial charge in [-0.3, -0.25) is 0 Å². The molecule has 100 valence electrons. The fourth-order valence-electron chi connectivity index (χ4n) is 2.39. The summed E-state index contributed by atoms with van der Waals surface area (Å²) in [6.45, 7) is 3.90. The van der Waals surface area contributed by atoms with Gasteiger partial charge < -0.3 is 15.4 Å². The van der Waals surface area contributed by atoms with Crippen LogP contribution in [0.1, 0.15) is 37.8 Å². The van der Waals surface area contributed by atoms with Gasteiger partial charge in [0.1, 0.15) is 0 Å². The quantitative estimate of drug-likeness (QED) is 0.890. The molecule has 2 rings (SSSR count). The van der Waals surface area contributed by atoms with Gasteiger partial charge in [-0.2, -0.15) is 0 Å². The van der Waals surface area contributed by atoms with Crippen LogP contribution in [-0.4, -0.2) is 26.3 Å². The summed E-state index contributed by atoms with van der Waals surface area (Å²) in [7, 11) is 2.12. The zero-order chi connectivity index (χ0) is 13.0. The molecule has 1 heterocycles. The van der Waals surface area contributed by atoms with Crippen molar-refractivity contribution in [2.75, 3.05) is 25.1 Å². The molecule has 1 aliphatic rings. The van der Waals surface area contributed by atoms with Gasteiger partial charge in [0.15, 0.2) is 0 Å². The minimum atomic E-state index is 0.103. The fraction of sp³-hybridized carbons (Fsp3) is 0.600. The van der Waals surface area contributed by atoms with Gasteiger partial charge in [0, 0.05) is 31.9 Å². The standard InChI is InChI=1S/C15H24N2O/c1-12(16)13-6-8-14(9-7-13)17(2)11-15-5-3-4-10-18-15/h6-9,12,15H,3-5,10-11,16H2,1-2H3/t12-,15?/m1/s1. The number of nitrogens with two attached hydrogens (primary N) is 1. The predicted octanol–water partition coefficient (Wildman–Crippen LogP) is 2.71. The van der Waals surface area contributed by atoms with Gasteiger partial charge >= 0.3 is 0 Å². The molecule has 2 N–H and O–H groups in total. The molecule has 0 bridgehead atoms. The summed E-state index contributed by atoms with van der Waals surface area (Å²) in [4.78, 5) is 2.26. The zero-order valence-corrected chi connectivity index (χ0v) is 11.4. The largest absolute Gasteiger partial charge is 0.376 e. The number of benzene rings is 1. The Morgan fingerprint density at radius 3 is 2.61 bits per heavy atom. The Morgan fingerprint density at radius 2 is 2.06 bits per heavy atom. The molecule has 1 unspecified atom stereocenters. The van der Waals surface area contributed by atoms with E-state index in [0.717, 1.165) is 13.2 Å². The van der Waals surface area contributed by atoms with E-state index in [1.807, 2.05) is 6.92 Å². The molecule has 0 radical (unpaired) electrons. The molecule has 0 amide bonds. The third-order valence-electron chi connectivity index (χ3n) is 3.61. The molecule has 1 aromatic carbocycles. The number of ether oxygens (including phenoxy) is 1. The van der Waals surface area contributed by atoms with Crippen molar-refractivity contribution in [3.05, 3.63) is 29.8 Å². The van der Waals surface area contributed by atoms with Crippen molar-refractivity contribution in [2.45, 2.75) is 38.3 Å². The second-order valence-corrected chi connectivity index (χ2v) is 5.25. The molecule has 3 heteroatoms. The number of hydrogen-bond donors (Lipinski definition) is 1. The number of rotatable bonds is 4. The number of anilines is 1. The van der Waals surface area contributed by atoms with Crippen molar-refractivity contribution >= 4 is 5.69 Å². The maximum atomic E-state index is 5.86. The molecule has 1 aromatic rings. The smallest absolute Gasteiger partial charge is 0.0749 e. The van der Waals surface area contributed by atoms with E-state index >= 15 is 0 Å². The minimum Gasteiger partial charge on any atom is -0.376 e. The summed E-state index contributed by atoms with van der Waals surface area (Å²) in [5.74, 6) is 0. The van der Waals surface area contributed by atoms with E-state index in [0.29, 0.717) is 6.10 Å². The second kappa shape index (κ2) is 6.21. The average molecular weight is 248 g/mol. The van der Waals surface area contributed by atoms with E-state index in [-0.39, 0.29) is 6.04 Å². The third kappa shape index (κ3) is 3.47. The molecular formula is C15H24N2O. The highest BCUT2D eigenvalue weighted by Gasteiger charge is 2.16. The molecule has 0 saturated carbocycles. The van der Waals surface area contributed by atoms with Crippen molar-refractivity contribution in [3.8, 4) is 0 Å². The van der Waals surface area contributed by atoms with E-state index in [4.69, 9.17) is 10.5 Å². The first kappa shape index (κ1) is 13.4. The average Bonchev–Trinajstić information content (AvgIpc) is 2.40. The first-order valence-corrected chi connectivity index (χ1v) is 6.85. The highest BCUT2D eigenvalue weighted by atomic mass is 16.5. The highest BCUT2D eigenvalue weighted by molar-refractivity contribution is 5.47. The zero-order valence-electron chi connectivity index (χ0n) is 11.4. The van der Waals surface area contributed by atoms with Crippen LogP contribution >= 0.6 is 0 Å². The van der Waals surface area contributed by atoms with Gasteiger partial charge in [-0.1, -0.05) is 12.1 Å². The third-order valence-corrected chi connectivity index (χ3v) is 3.61. The molecule has 0 aromatic heterocycles. The van der Waals surface area contributed by atoms with Crippen LogP contribution in [0.4, 0.5) is 5.69 Å². The van der Waals surface area contributed by atoms with Gasteiger partial charge in [-0.25, -0.2) is 0 Å². The lowest BCUT2D eigenvalue weighted by Gasteiger charge is -2.28. The van der Waals surface area contributed by atoms with E-state index < -0.39 is 0 Å². The van der Waals surface area contributed by atoms with E-state index in [9.17, 15) is 0 Å². The van der Waals surface area contributed by atoms with Crippen LogP contribution in [0.15, 0.2) is 24.3 Å². The Morgan fingerprint density at radius 1 is 1.33 bits per heavy atom. The Kier molecular flexibility index (Phi) is 4.61. The Balaban J connectivity index is 1.93. The van der Waals surface area contributed by atoms with Crippen LogP contribution in [0.5, 0.6) is 0 Å². The second-order valence-electron chi connectivity index (χ2n) is 5.25. The Labute approximate surface area is 110 Å². The molecule has 1 fully saturated rings. The molecule has 2 atom stereocenters. The Hall–Kier alpha value is -1.06. The lowest BCUT2D eigenvalue weighted by Crippen LogP contribution is -2.33. The predicted molar refractivity (Wildman–Crippen MR) is 75.9 cm³/mol. The summed E-state index contributed by atoms with van der Waals surface area (Å²) >= 11 is 0. The maximum Gasteiger partial charge on any atom is 0.0749 e.